The molecule has 0 saturated carbocycles. The van der Waals surface area contributed by atoms with Gasteiger partial charge in [0.05, 0.1) is 22.2 Å². The highest BCUT2D eigenvalue weighted by Gasteiger charge is 2.27. The fourth-order valence-corrected chi connectivity index (χ4v) is 3.13. The number of thioether (sulfide) groups is 1. The van der Waals surface area contributed by atoms with Crippen LogP contribution in [0, 0.1) is 15.9 Å². The summed E-state index contributed by atoms with van der Waals surface area (Å²) in [5.74, 6) is -0.769. The number of carbonyl (C=O) groups is 1. The van der Waals surface area contributed by atoms with Gasteiger partial charge in [-0.25, -0.2) is 9.37 Å². The van der Waals surface area contributed by atoms with Gasteiger partial charge in [-0.05, 0) is 18.2 Å². The molecule has 1 amide bonds. The van der Waals surface area contributed by atoms with Crippen LogP contribution in [0.15, 0.2) is 41.6 Å². The lowest BCUT2D eigenvalue weighted by Gasteiger charge is -2.28. The zero-order chi connectivity index (χ0) is 15.7. The van der Waals surface area contributed by atoms with E-state index >= 15 is 0 Å². The SMILES string of the molecule is O=C(c1ccc([N+](=O)[O-])cc1F)N1CCSc2ncccc21. The minimum Gasteiger partial charge on any atom is -0.305 e. The lowest BCUT2D eigenvalue weighted by molar-refractivity contribution is -0.385. The van der Waals surface area contributed by atoms with E-state index in [0.717, 1.165) is 18.2 Å². The van der Waals surface area contributed by atoms with Crippen molar-refractivity contribution in [2.45, 2.75) is 5.03 Å². The zero-order valence-electron chi connectivity index (χ0n) is 11.2. The van der Waals surface area contributed by atoms with Crippen LogP contribution in [0.3, 0.4) is 0 Å². The standard InChI is InChI=1S/C14H10FN3O3S/c15-11-8-9(18(20)21)3-4-10(11)14(19)17-6-7-22-13-12(17)2-1-5-16-13/h1-5,8H,6-7H2. The molecule has 0 fully saturated rings. The number of fused-ring (bicyclic) bond motifs is 1. The summed E-state index contributed by atoms with van der Waals surface area (Å²) >= 11 is 1.53. The number of aromatic nitrogens is 1. The summed E-state index contributed by atoms with van der Waals surface area (Å²) in [5.41, 5.74) is 0.0547. The minimum atomic E-state index is -0.900. The Hall–Kier alpha value is -2.48. The first-order valence-electron chi connectivity index (χ1n) is 6.41. The van der Waals surface area contributed by atoms with E-state index in [9.17, 15) is 19.3 Å². The molecular weight excluding hydrogens is 309 g/mol. The monoisotopic (exact) mass is 319 g/mol. The fourth-order valence-electron chi connectivity index (χ4n) is 2.20. The maximum Gasteiger partial charge on any atom is 0.272 e. The van der Waals surface area contributed by atoms with E-state index < -0.39 is 16.6 Å². The molecule has 112 valence electrons. The lowest BCUT2D eigenvalue weighted by atomic mass is 10.1. The quantitative estimate of drug-likeness (QED) is 0.628. The number of pyridine rings is 1. The predicted molar refractivity (Wildman–Crippen MR) is 79.7 cm³/mol. The number of hydrogen-bond donors (Lipinski definition) is 0. The Morgan fingerprint density at radius 1 is 1.41 bits per heavy atom. The summed E-state index contributed by atoms with van der Waals surface area (Å²) in [6.07, 6.45) is 1.63. The molecule has 0 N–H and O–H groups in total. The number of halogens is 1. The van der Waals surface area contributed by atoms with Gasteiger partial charge in [-0.2, -0.15) is 0 Å². The van der Waals surface area contributed by atoms with Crippen LogP contribution in [0.5, 0.6) is 0 Å². The summed E-state index contributed by atoms with van der Waals surface area (Å²) in [6.45, 7) is 0.429. The third-order valence-corrected chi connectivity index (χ3v) is 4.21. The highest BCUT2D eigenvalue weighted by atomic mass is 32.2. The first kappa shape index (κ1) is 14.5. The average Bonchev–Trinajstić information content (AvgIpc) is 2.53. The normalized spacial score (nSPS) is 13.6. The average molecular weight is 319 g/mol. The summed E-state index contributed by atoms with van der Waals surface area (Å²) in [5, 5.41) is 11.3. The van der Waals surface area contributed by atoms with E-state index in [1.165, 1.54) is 16.7 Å². The van der Waals surface area contributed by atoms with Crippen molar-refractivity contribution in [1.29, 1.82) is 0 Å². The van der Waals surface area contributed by atoms with Crippen molar-refractivity contribution in [1.82, 2.24) is 4.98 Å². The van der Waals surface area contributed by atoms with Gasteiger partial charge < -0.3 is 4.90 Å². The number of nitro groups is 1. The molecule has 22 heavy (non-hydrogen) atoms. The molecule has 0 unspecified atom stereocenters. The van der Waals surface area contributed by atoms with Crippen molar-refractivity contribution in [2.75, 3.05) is 17.2 Å². The molecule has 3 rings (SSSR count). The minimum absolute atomic E-state index is 0.188. The Labute approximate surface area is 129 Å². The van der Waals surface area contributed by atoms with E-state index in [1.807, 2.05) is 0 Å². The molecule has 0 bridgehead atoms. The number of anilines is 1. The molecule has 1 aromatic carbocycles. The highest BCUT2D eigenvalue weighted by molar-refractivity contribution is 7.99. The lowest BCUT2D eigenvalue weighted by Crippen LogP contribution is -2.36. The second kappa shape index (κ2) is 5.72. The second-order valence-electron chi connectivity index (χ2n) is 4.55. The summed E-state index contributed by atoms with van der Waals surface area (Å²) < 4.78 is 14.0. The maximum atomic E-state index is 14.0. The number of nitrogens with zero attached hydrogens (tertiary/aromatic N) is 3. The second-order valence-corrected chi connectivity index (χ2v) is 5.64. The van der Waals surface area contributed by atoms with E-state index in [2.05, 4.69) is 4.98 Å². The van der Waals surface area contributed by atoms with Crippen LogP contribution >= 0.6 is 11.8 Å². The molecule has 1 aliphatic rings. The van der Waals surface area contributed by atoms with Crippen LogP contribution < -0.4 is 4.90 Å². The molecule has 0 spiro atoms. The Morgan fingerprint density at radius 3 is 2.95 bits per heavy atom. The number of non-ortho nitro benzene ring substituents is 1. The number of nitro benzene ring substituents is 1. The smallest absolute Gasteiger partial charge is 0.272 e. The van der Waals surface area contributed by atoms with Crippen molar-refractivity contribution < 1.29 is 14.1 Å². The molecule has 0 atom stereocenters. The van der Waals surface area contributed by atoms with Crippen LogP contribution in [0.2, 0.25) is 0 Å². The Balaban J connectivity index is 1.97. The van der Waals surface area contributed by atoms with Gasteiger partial charge in [0.2, 0.25) is 0 Å². The molecule has 2 aromatic rings. The summed E-state index contributed by atoms with van der Waals surface area (Å²) in [4.78, 5) is 28.1. The van der Waals surface area contributed by atoms with Crippen LogP contribution in [0.25, 0.3) is 0 Å². The molecule has 6 nitrogen and oxygen atoms in total. The van der Waals surface area contributed by atoms with Gasteiger partial charge in [-0.3, -0.25) is 14.9 Å². The van der Waals surface area contributed by atoms with Crippen molar-refractivity contribution in [3.05, 3.63) is 58.0 Å². The van der Waals surface area contributed by atoms with Gasteiger partial charge in [0.1, 0.15) is 10.8 Å². The van der Waals surface area contributed by atoms with Gasteiger partial charge in [0.15, 0.2) is 0 Å². The predicted octanol–water partition coefficient (Wildman–Crippen LogP) is 2.88. The first-order chi connectivity index (χ1) is 10.6. The van der Waals surface area contributed by atoms with Gasteiger partial charge >= 0.3 is 0 Å². The summed E-state index contributed by atoms with van der Waals surface area (Å²) in [6, 6.07) is 6.48. The van der Waals surface area contributed by atoms with Crippen molar-refractivity contribution in [3.8, 4) is 0 Å². The molecule has 2 heterocycles. The number of benzene rings is 1. The molecule has 0 aliphatic carbocycles. The fraction of sp³-hybridized carbons (Fsp3) is 0.143. The molecule has 1 aliphatic heterocycles. The summed E-state index contributed by atoms with van der Waals surface area (Å²) in [7, 11) is 0. The number of hydrogen-bond acceptors (Lipinski definition) is 5. The van der Waals surface area contributed by atoms with Crippen LogP contribution in [-0.4, -0.2) is 28.1 Å². The van der Waals surface area contributed by atoms with E-state index in [-0.39, 0.29) is 11.3 Å². The maximum absolute atomic E-state index is 14.0. The van der Waals surface area contributed by atoms with Crippen LogP contribution in [0.1, 0.15) is 10.4 Å². The van der Waals surface area contributed by atoms with E-state index in [1.54, 1.807) is 18.3 Å². The van der Waals surface area contributed by atoms with Crippen LogP contribution in [0.4, 0.5) is 15.8 Å². The number of rotatable bonds is 2. The van der Waals surface area contributed by atoms with Gasteiger partial charge in [-0.15, -0.1) is 11.8 Å². The third kappa shape index (κ3) is 2.52. The first-order valence-corrected chi connectivity index (χ1v) is 7.40. The Morgan fingerprint density at radius 2 is 2.23 bits per heavy atom. The topological polar surface area (TPSA) is 76.3 Å². The molecular formula is C14H10FN3O3S. The highest BCUT2D eigenvalue weighted by Crippen LogP contribution is 2.33. The van der Waals surface area contributed by atoms with Gasteiger partial charge in [0, 0.05) is 24.6 Å². The van der Waals surface area contributed by atoms with Crippen molar-refractivity contribution in [3.63, 3.8) is 0 Å². The van der Waals surface area contributed by atoms with E-state index in [0.29, 0.717) is 23.0 Å². The number of carbonyl (C=O) groups excluding carboxylic acids is 1. The van der Waals surface area contributed by atoms with E-state index in [4.69, 9.17) is 0 Å². The molecule has 1 aromatic heterocycles. The third-order valence-electron chi connectivity index (χ3n) is 3.23. The Kier molecular flexibility index (Phi) is 3.76. The number of amides is 1. The zero-order valence-corrected chi connectivity index (χ0v) is 12.0. The molecule has 8 heteroatoms. The van der Waals surface area contributed by atoms with Crippen molar-refractivity contribution >= 4 is 29.0 Å². The van der Waals surface area contributed by atoms with Crippen LogP contribution in [-0.2, 0) is 0 Å². The van der Waals surface area contributed by atoms with Gasteiger partial charge in [-0.1, -0.05) is 0 Å². The molecule has 0 radical (unpaired) electrons. The Bertz CT molecular complexity index is 769. The molecule has 0 saturated heterocycles. The van der Waals surface area contributed by atoms with Gasteiger partial charge in [0.25, 0.3) is 11.6 Å². The van der Waals surface area contributed by atoms with Crippen molar-refractivity contribution in [2.24, 2.45) is 0 Å². The largest absolute Gasteiger partial charge is 0.305 e.